The molecule has 0 bridgehead atoms. The van der Waals surface area contributed by atoms with E-state index in [1.807, 2.05) is 32.3 Å². The maximum atomic E-state index is 12.6. The Kier molecular flexibility index (Phi) is 6.09. The van der Waals surface area contributed by atoms with E-state index in [2.05, 4.69) is 39.0 Å². The molecule has 5 heteroatoms. The first-order valence-corrected chi connectivity index (χ1v) is 9.66. The van der Waals surface area contributed by atoms with E-state index in [4.69, 9.17) is 0 Å². The quantitative estimate of drug-likeness (QED) is 0.711. The van der Waals surface area contributed by atoms with E-state index in [1.54, 1.807) is 0 Å². The summed E-state index contributed by atoms with van der Waals surface area (Å²) < 4.78 is 0. The van der Waals surface area contributed by atoms with Crippen molar-refractivity contribution in [3.05, 3.63) is 42.2 Å². The van der Waals surface area contributed by atoms with Crippen LogP contribution in [0.25, 0.3) is 11.1 Å². The van der Waals surface area contributed by atoms with Crippen LogP contribution in [0, 0.1) is 5.92 Å². The summed E-state index contributed by atoms with van der Waals surface area (Å²) in [6.07, 6.45) is 10.1. The van der Waals surface area contributed by atoms with Crippen molar-refractivity contribution in [3.8, 4) is 11.1 Å². The van der Waals surface area contributed by atoms with E-state index in [1.165, 1.54) is 32.1 Å². The lowest BCUT2D eigenvalue weighted by Gasteiger charge is -2.28. The van der Waals surface area contributed by atoms with Gasteiger partial charge >= 0.3 is 0 Å². The van der Waals surface area contributed by atoms with Gasteiger partial charge in [0.1, 0.15) is 0 Å². The predicted octanol–water partition coefficient (Wildman–Crippen LogP) is 3.64. The van der Waals surface area contributed by atoms with Crippen LogP contribution in [0.5, 0.6) is 0 Å². The van der Waals surface area contributed by atoms with Gasteiger partial charge in [0, 0.05) is 24.8 Å². The van der Waals surface area contributed by atoms with Gasteiger partial charge in [0.2, 0.25) is 5.91 Å². The van der Waals surface area contributed by atoms with Gasteiger partial charge in [-0.25, -0.2) is 0 Å². The molecule has 1 aliphatic carbocycles. The molecule has 0 saturated heterocycles. The number of hydrogen-bond acceptors (Lipinski definition) is 3. The summed E-state index contributed by atoms with van der Waals surface area (Å²) in [6.45, 7) is 5.35. The van der Waals surface area contributed by atoms with Gasteiger partial charge in [-0.15, -0.1) is 0 Å². The highest BCUT2D eigenvalue weighted by atomic mass is 16.2. The third kappa shape index (κ3) is 4.94. The largest absolute Gasteiger partial charge is 0.354 e. The Morgan fingerprint density at radius 2 is 2.04 bits per heavy atom. The van der Waals surface area contributed by atoms with Gasteiger partial charge in [0.25, 0.3) is 0 Å². The zero-order valence-electron chi connectivity index (χ0n) is 15.8. The number of nitrogens with one attached hydrogen (secondary N) is 3. The van der Waals surface area contributed by atoms with Crippen LogP contribution in [0.3, 0.4) is 0 Å². The van der Waals surface area contributed by atoms with Gasteiger partial charge in [-0.2, -0.15) is 5.10 Å². The summed E-state index contributed by atoms with van der Waals surface area (Å²) in [7, 11) is 0. The average Bonchev–Trinajstić information content (AvgIpc) is 3.20. The lowest BCUT2D eigenvalue weighted by atomic mass is 9.89. The molecule has 0 spiro atoms. The number of benzene rings is 1. The van der Waals surface area contributed by atoms with Crippen LogP contribution in [0.4, 0.5) is 0 Å². The number of amides is 1. The van der Waals surface area contributed by atoms with Crippen LogP contribution < -0.4 is 10.6 Å². The maximum absolute atomic E-state index is 12.6. The molecule has 3 rings (SSSR count). The van der Waals surface area contributed by atoms with E-state index in [0.717, 1.165) is 23.2 Å². The van der Waals surface area contributed by atoms with Crippen molar-refractivity contribution in [1.82, 2.24) is 20.8 Å². The second kappa shape index (κ2) is 8.49. The molecule has 3 N–H and O–H groups in total. The highest BCUT2D eigenvalue weighted by Crippen LogP contribution is 2.23. The fourth-order valence-corrected chi connectivity index (χ4v) is 3.52. The van der Waals surface area contributed by atoms with E-state index < -0.39 is 5.54 Å². The molecule has 5 nitrogen and oxygen atoms in total. The molecule has 1 heterocycles. The third-order valence-electron chi connectivity index (χ3n) is 5.34. The Morgan fingerprint density at radius 1 is 1.23 bits per heavy atom. The van der Waals surface area contributed by atoms with Crippen LogP contribution in [-0.2, 0) is 11.3 Å². The van der Waals surface area contributed by atoms with Gasteiger partial charge in [-0.1, -0.05) is 37.5 Å². The summed E-state index contributed by atoms with van der Waals surface area (Å²) in [5, 5.41) is 13.4. The number of aromatic nitrogens is 2. The second-order valence-electron chi connectivity index (χ2n) is 7.88. The number of aromatic amines is 1. The predicted molar refractivity (Wildman–Crippen MR) is 105 cm³/mol. The molecule has 1 aromatic heterocycles. The lowest BCUT2D eigenvalue weighted by molar-refractivity contribution is -0.126. The first kappa shape index (κ1) is 18.6. The van der Waals surface area contributed by atoms with Crippen molar-refractivity contribution in [2.24, 2.45) is 5.92 Å². The number of carbonyl (C=O) groups is 1. The highest BCUT2D eigenvalue weighted by molar-refractivity contribution is 5.85. The normalized spacial score (nSPS) is 15.8. The fourth-order valence-electron chi connectivity index (χ4n) is 3.52. The maximum Gasteiger partial charge on any atom is 0.239 e. The number of rotatable bonds is 7. The molecule has 0 unspecified atom stereocenters. The van der Waals surface area contributed by atoms with E-state index in [-0.39, 0.29) is 5.91 Å². The molecule has 0 aliphatic heterocycles. The van der Waals surface area contributed by atoms with Crippen molar-refractivity contribution in [2.45, 2.75) is 58.0 Å². The summed E-state index contributed by atoms with van der Waals surface area (Å²) in [5.41, 5.74) is 2.74. The summed E-state index contributed by atoms with van der Waals surface area (Å²) in [6, 6.07) is 8.31. The molecule has 2 aromatic rings. The first-order valence-electron chi connectivity index (χ1n) is 9.66. The fraction of sp³-hybridized carbons (Fsp3) is 0.524. The van der Waals surface area contributed by atoms with Crippen LogP contribution in [-0.4, -0.2) is 28.2 Å². The average molecular weight is 354 g/mol. The van der Waals surface area contributed by atoms with Crippen molar-refractivity contribution >= 4 is 5.91 Å². The Hall–Kier alpha value is -2.14. The SMILES string of the molecule is CC(C)(NCc1cccc(-c2cn[nH]c2)c1)C(=O)NCC1CCCCC1. The lowest BCUT2D eigenvalue weighted by Crippen LogP contribution is -2.53. The van der Waals surface area contributed by atoms with E-state index >= 15 is 0 Å². The first-order chi connectivity index (χ1) is 12.5. The van der Waals surface area contributed by atoms with Crippen molar-refractivity contribution in [2.75, 3.05) is 6.54 Å². The highest BCUT2D eigenvalue weighted by Gasteiger charge is 2.27. The minimum atomic E-state index is -0.597. The minimum absolute atomic E-state index is 0.0778. The molecular weight excluding hydrogens is 324 g/mol. The van der Waals surface area contributed by atoms with E-state index in [0.29, 0.717) is 12.5 Å². The molecule has 26 heavy (non-hydrogen) atoms. The van der Waals surface area contributed by atoms with Gasteiger partial charge in [0.15, 0.2) is 0 Å². The molecule has 1 aliphatic rings. The monoisotopic (exact) mass is 354 g/mol. The second-order valence-corrected chi connectivity index (χ2v) is 7.88. The van der Waals surface area contributed by atoms with Gasteiger partial charge in [-0.05, 0) is 49.8 Å². The van der Waals surface area contributed by atoms with Gasteiger partial charge < -0.3 is 5.32 Å². The number of H-pyrrole nitrogens is 1. The minimum Gasteiger partial charge on any atom is -0.354 e. The summed E-state index contributed by atoms with van der Waals surface area (Å²) in [4.78, 5) is 12.6. The molecule has 0 radical (unpaired) electrons. The van der Waals surface area contributed by atoms with Crippen molar-refractivity contribution < 1.29 is 4.79 Å². The van der Waals surface area contributed by atoms with Gasteiger partial charge in [-0.3, -0.25) is 15.2 Å². The Labute approximate surface area is 156 Å². The Bertz CT molecular complexity index is 703. The molecular formula is C21H30N4O. The topological polar surface area (TPSA) is 69.8 Å². The van der Waals surface area contributed by atoms with E-state index in [9.17, 15) is 4.79 Å². The van der Waals surface area contributed by atoms with Crippen LogP contribution in [0.15, 0.2) is 36.7 Å². The van der Waals surface area contributed by atoms with Crippen LogP contribution in [0.2, 0.25) is 0 Å². The molecule has 1 fully saturated rings. The van der Waals surface area contributed by atoms with Crippen molar-refractivity contribution in [3.63, 3.8) is 0 Å². The molecule has 1 aromatic carbocycles. The number of hydrogen-bond donors (Lipinski definition) is 3. The van der Waals surface area contributed by atoms with Gasteiger partial charge in [0.05, 0.1) is 11.7 Å². The summed E-state index contributed by atoms with van der Waals surface area (Å²) >= 11 is 0. The molecule has 1 amide bonds. The van der Waals surface area contributed by atoms with Crippen LogP contribution in [0.1, 0.15) is 51.5 Å². The number of nitrogens with zero attached hydrogens (tertiary/aromatic N) is 1. The number of carbonyl (C=O) groups excluding carboxylic acids is 1. The Balaban J connectivity index is 1.52. The van der Waals surface area contributed by atoms with Crippen molar-refractivity contribution in [1.29, 1.82) is 0 Å². The molecule has 1 saturated carbocycles. The molecule has 0 atom stereocenters. The zero-order valence-corrected chi connectivity index (χ0v) is 15.8. The van der Waals surface area contributed by atoms with Crippen LogP contribution >= 0.6 is 0 Å². The summed E-state index contributed by atoms with van der Waals surface area (Å²) in [5.74, 6) is 0.726. The zero-order chi connectivity index (χ0) is 18.4. The standard InChI is InChI=1S/C21H30N4O/c1-21(2,20(26)22-12-16-7-4-3-5-8-16)23-13-17-9-6-10-18(11-17)19-14-24-25-15-19/h6,9-11,14-16,23H,3-5,7-8,12-13H2,1-2H3,(H,22,26)(H,24,25). The Morgan fingerprint density at radius 3 is 2.77 bits per heavy atom. The third-order valence-corrected chi connectivity index (χ3v) is 5.34. The smallest absolute Gasteiger partial charge is 0.239 e. The molecule has 140 valence electrons.